The smallest absolute Gasteiger partial charge is 0.295 e. The van der Waals surface area contributed by atoms with Gasteiger partial charge < -0.3 is 0 Å². The number of ketones is 1. The van der Waals surface area contributed by atoms with Crippen LogP contribution in [0.1, 0.15) is 162 Å². The second kappa shape index (κ2) is 47.0. The van der Waals surface area contributed by atoms with Gasteiger partial charge in [-0.05, 0) is 311 Å². The lowest BCUT2D eigenvalue weighted by atomic mass is 9.98. The Morgan fingerprint density at radius 1 is 0.239 bits per heavy atom. The fourth-order valence-electron chi connectivity index (χ4n) is 9.58. The molecule has 0 aliphatic carbocycles. The van der Waals surface area contributed by atoms with Gasteiger partial charge in [-0.3, -0.25) is 4.79 Å². The normalized spacial score (nSPS) is 10.3. The van der Waals surface area contributed by atoms with Gasteiger partial charge in [0.1, 0.15) is 29.1 Å². The molecule has 0 heterocycles. The molecule has 1 nitrogen and oxygen atoms in total. The topological polar surface area (TPSA) is 17.1 Å². The molecule has 113 heavy (non-hydrogen) atoms. The number of benzene rings is 11. The molecule has 0 aliphatic heterocycles. The first-order valence-electron chi connectivity index (χ1n) is 35.5. The molecule has 0 amide bonds. The van der Waals surface area contributed by atoms with Crippen LogP contribution in [0.15, 0.2) is 164 Å². The van der Waals surface area contributed by atoms with Crippen molar-refractivity contribution in [2.75, 3.05) is 0 Å². The van der Waals surface area contributed by atoms with E-state index in [9.17, 15) is 79.4 Å². The van der Waals surface area contributed by atoms with Crippen molar-refractivity contribution in [1.82, 2.24) is 0 Å². The van der Waals surface area contributed by atoms with Crippen molar-refractivity contribution < 1.29 is 79.4 Å². The molecule has 0 aromatic heterocycles. The molecule has 0 unspecified atom stereocenters. The molecule has 0 spiro atoms. The maximum absolute atomic E-state index is 12.7. The van der Waals surface area contributed by atoms with Gasteiger partial charge in [0, 0.05) is 27.3 Å². The van der Waals surface area contributed by atoms with Crippen LogP contribution in [0.4, 0.5) is 74.6 Å². The van der Waals surface area contributed by atoms with Gasteiger partial charge in [-0.2, -0.15) is 26.3 Å². The summed E-state index contributed by atoms with van der Waals surface area (Å²) in [4.78, 5) is 11.0. The van der Waals surface area contributed by atoms with Crippen molar-refractivity contribution in [3.8, 4) is 0 Å². The van der Waals surface area contributed by atoms with Crippen molar-refractivity contribution in [2.24, 2.45) is 0 Å². The maximum atomic E-state index is 12.7. The summed E-state index contributed by atoms with van der Waals surface area (Å²) >= 11 is 5.81. The lowest BCUT2D eigenvalue weighted by molar-refractivity contribution is -0.139. The Balaban J connectivity index is 0.000000623. The molecule has 0 atom stereocenters. The van der Waals surface area contributed by atoms with E-state index in [0.29, 0.717) is 50.1 Å². The third kappa shape index (κ3) is 35.0. The minimum atomic E-state index is -4.24. The molecule has 0 radical (unpaired) electrons. The summed E-state index contributed by atoms with van der Waals surface area (Å²) in [5.74, 6) is -8.40. The highest BCUT2D eigenvalue weighted by Gasteiger charge is 2.35. The van der Waals surface area contributed by atoms with Crippen molar-refractivity contribution in [1.29, 1.82) is 0 Å². The molecular formula is C94H102ClF17O. The van der Waals surface area contributed by atoms with Crippen LogP contribution in [0.3, 0.4) is 0 Å². The lowest BCUT2D eigenvalue weighted by Gasteiger charge is -2.14. The first-order chi connectivity index (χ1) is 52.0. The Morgan fingerprint density at radius 3 is 0.876 bits per heavy atom. The van der Waals surface area contributed by atoms with E-state index >= 15 is 0 Å². The van der Waals surface area contributed by atoms with Crippen LogP contribution in [0, 0.1) is 230 Å². The van der Waals surface area contributed by atoms with E-state index in [1.807, 2.05) is 71.0 Å². The van der Waals surface area contributed by atoms with Crippen LogP contribution in [0.5, 0.6) is 0 Å². The minimum absolute atomic E-state index is 0.0885. The number of rotatable bonds is 1. The molecule has 0 saturated heterocycles. The number of Topliss-reactive ketones (excluding diaryl/α,β-unsaturated/α-hetero) is 1. The van der Waals surface area contributed by atoms with E-state index in [0.717, 1.165) is 52.8 Å². The summed E-state index contributed by atoms with van der Waals surface area (Å²) in [6, 6.07) is 47.9. The van der Waals surface area contributed by atoms with Gasteiger partial charge in [-0.1, -0.05) is 155 Å². The molecule has 0 saturated carbocycles. The average molecular weight is 1610 g/mol. The first-order valence-corrected chi connectivity index (χ1v) is 35.9. The summed E-state index contributed by atoms with van der Waals surface area (Å²) in [6.07, 6.45) is -8.46. The predicted octanol–water partition coefficient (Wildman–Crippen LogP) is 30.4. The van der Waals surface area contributed by atoms with Crippen LogP contribution in [0.2, 0.25) is 5.02 Å². The molecular weight excluding hydrogens is 1500 g/mol. The van der Waals surface area contributed by atoms with E-state index in [1.165, 1.54) is 131 Å². The lowest BCUT2D eigenvalue weighted by Crippen LogP contribution is -2.10. The summed E-state index contributed by atoms with van der Waals surface area (Å²) in [6.45, 7) is 42.8. The molecule has 19 heteroatoms. The van der Waals surface area contributed by atoms with Crippen molar-refractivity contribution in [3.63, 3.8) is 0 Å². The number of hydrogen-bond acceptors (Lipinski definition) is 1. The van der Waals surface area contributed by atoms with Crippen LogP contribution < -0.4 is 0 Å². The van der Waals surface area contributed by atoms with Crippen LogP contribution in [-0.4, -0.2) is 5.78 Å². The van der Waals surface area contributed by atoms with Gasteiger partial charge >= 0.3 is 12.4 Å². The van der Waals surface area contributed by atoms with Crippen molar-refractivity contribution in [2.45, 2.75) is 185 Å². The zero-order chi connectivity index (χ0) is 87.2. The van der Waals surface area contributed by atoms with Gasteiger partial charge in [-0.15, -0.1) is 0 Å². The Labute approximate surface area is 662 Å². The molecule has 0 aliphatic rings. The van der Waals surface area contributed by atoms with Gasteiger partial charge in [0.05, 0.1) is 11.1 Å². The second-order valence-electron chi connectivity index (χ2n) is 27.7. The fraction of sp³-hybridized carbons (Fsp3) is 0.287. The van der Waals surface area contributed by atoms with Gasteiger partial charge in [-0.25, -0.2) is 48.3 Å². The van der Waals surface area contributed by atoms with Crippen molar-refractivity contribution in [3.05, 3.63) is 383 Å². The number of halogens is 18. The second-order valence-corrected chi connectivity index (χ2v) is 28.1. The Kier molecular flexibility index (Phi) is 42.1. The molecule has 0 fully saturated rings. The van der Waals surface area contributed by atoms with E-state index in [1.54, 1.807) is 65.0 Å². The molecule has 11 aromatic carbocycles. The van der Waals surface area contributed by atoms with E-state index < -0.39 is 81.1 Å². The van der Waals surface area contributed by atoms with Gasteiger partial charge in [0.2, 0.25) is 0 Å². The number of alkyl halides is 6. The number of hydrogen-bond donors (Lipinski definition) is 0. The van der Waals surface area contributed by atoms with Crippen LogP contribution >= 0.6 is 11.6 Å². The summed E-state index contributed by atoms with van der Waals surface area (Å²) < 4.78 is 213. The molecule has 0 N–H and O–H groups in total. The zero-order valence-electron chi connectivity index (χ0n) is 68.8. The Bertz CT molecular complexity index is 4590. The van der Waals surface area contributed by atoms with E-state index in [2.05, 4.69) is 83.1 Å². The number of aryl methyl sites for hydroxylation is 20. The first kappa shape index (κ1) is 101. The standard InChI is InChI=1S/C10H11F3.C10H12O.C9H9F3.C9H12.C8H9Cl.C8H6F4.3C8H8F2.C8H9F.C8H10/c1-6-4-5-7(2)9(8(6)3)10(11,12)13;1-7-4-5-8(2)10(6-7)9(3)11;1-6-3-4-7(2)8(5-6)9(10,11)12;1-7-4-5-8(2)9(3)6-7;1-6-3-4-7(2)8(9)5-6;1-3-5(9)7(11)4(2)8(12)6(3)10;1-5-3-8(10)6(2)4-7(5)9;1-5-3-7(9)6(2)8(10)4-5;1-5-3-4-6(2)8(10)7(5)9;1-6-3-4-7(2)8(9)5-6;1-7-3-5-8(2)6-4-7/h4-5H,1-3H3;4-6H,1-3H3;3-5H,1-2H3;4-6H,1-3H3;3-5H,1-2H3;1-2H3;3*3-4H,1-2H3;3-5H,1-2H3;3-6H,1-2H3. The van der Waals surface area contributed by atoms with Crippen LogP contribution in [-0.2, 0) is 12.4 Å². The molecule has 11 rings (SSSR count). The molecule has 0 bridgehead atoms. The Hall–Kier alpha value is -9.81. The van der Waals surface area contributed by atoms with Gasteiger partial charge in [0.25, 0.3) is 0 Å². The quantitative estimate of drug-likeness (QED) is 0.0909. The highest BCUT2D eigenvalue weighted by atomic mass is 35.5. The summed E-state index contributed by atoms with van der Waals surface area (Å²) in [7, 11) is 0. The SMILES string of the molecule is CC(=O)c1cc(C)ccc1C.Cc1c(F)c(F)c(C)c(F)c1F.Cc1cc(F)c(C)c(F)c1.Cc1cc(F)c(C)cc1F.Cc1ccc(C)c(C(F)(F)F)c1.Cc1ccc(C)c(C(F)(F)F)c1C.Cc1ccc(C)c(C)c1.Cc1ccc(C)c(Cl)c1.Cc1ccc(C)c(F)c1.Cc1ccc(C)c(F)c1F.Cc1ccc(C)cc1. The molecule has 610 valence electrons. The van der Waals surface area contributed by atoms with Gasteiger partial charge in [0.15, 0.2) is 40.7 Å². The minimum Gasteiger partial charge on any atom is -0.295 e. The van der Waals surface area contributed by atoms with Crippen LogP contribution in [0.25, 0.3) is 0 Å². The average Bonchev–Trinajstić information content (AvgIpc) is 0.812. The van der Waals surface area contributed by atoms with E-state index in [4.69, 9.17) is 11.6 Å². The third-order valence-corrected chi connectivity index (χ3v) is 17.7. The maximum Gasteiger partial charge on any atom is 0.416 e. The largest absolute Gasteiger partial charge is 0.416 e. The summed E-state index contributed by atoms with van der Waals surface area (Å²) in [5.41, 5.74) is 15.8. The molecule has 11 aromatic rings. The van der Waals surface area contributed by atoms with E-state index in [-0.39, 0.29) is 39.9 Å². The summed E-state index contributed by atoms with van der Waals surface area (Å²) in [5, 5.41) is 0.856. The number of carbonyl (C=O) groups is 1. The fourth-order valence-corrected chi connectivity index (χ4v) is 9.81. The highest BCUT2D eigenvalue weighted by molar-refractivity contribution is 6.31. The number of carbonyl (C=O) groups excluding carboxylic acids is 1. The zero-order valence-corrected chi connectivity index (χ0v) is 69.6. The van der Waals surface area contributed by atoms with Crippen molar-refractivity contribution >= 4 is 17.4 Å². The highest BCUT2D eigenvalue weighted by Crippen LogP contribution is 2.36. The monoisotopic (exact) mass is 1600 g/mol. The predicted molar refractivity (Wildman–Crippen MR) is 429 cm³/mol. The Morgan fingerprint density at radius 2 is 0.549 bits per heavy atom. The third-order valence-electron chi connectivity index (χ3n) is 17.3.